The molecule has 0 aliphatic carbocycles. The molecule has 2 unspecified atom stereocenters. The average Bonchev–Trinajstić information content (AvgIpc) is 3.36. The monoisotopic (exact) mass is 984 g/mol. The quantitative estimate of drug-likeness (QED) is 0.0321. The number of ether oxygens (including phenoxy) is 1. The molecular formula is C64H121NO5. The van der Waals surface area contributed by atoms with Gasteiger partial charge in [0.1, 0.15) is 0 Å². The van der Waals surface area contributed by atoms with Crippen molar-refractivity contribution in [3.8, 4) is 0 Å². The van der Waals surface area contributed by atoms with Gasteiger partial charge in [-0.25, -0.2) is 0 Å². The smallest absolute Gasteiger partial charge is 0.305 e. The highest BCUT2D eigenvalue weighted by Gasteiger charge is 2.18. The van der Waals surface area contributed by atoms with Crippen LogP contribution in [0.2, 0.25) is 0 Å². The molecule has 6 nitrogen and oxygen atoms in total. The minimum absolute atomic E-state index is 0.00519. The Kier molecular flexibility index (Phi) is 58.0. The SMILES string of the molecule is CCCCC/C=C\CCCCCCCC(=O)OCCCCCCCCCCCCCC/C=C\CCCCCCCCCCCCCCC(=O)NC(CO)C(O)/C=C/CCCCCCCCCCCCC. The van der Waals surface area contributed by atoms with Crippen LogP contribution in [0.4, 0.5) is 0 Å². The zero-order valence-corrected chi connectivity index (χ0v) is 47.0. The third-order valence-corrected chi connectivity index (χ3v) is 14.4. The van der Waals surface area contributed by atoms with Crippen LogP contribution < -0.4 is 5.32 Å². The minimum atomic E-state index is -0.843. The number of unbranched alkanes of at least 4 members (excludes halogenated alkanes) is 43. The van der Waals surface area contributed by atoms with Gasteiger partial charge in [-0.3, -0.25) is 9.59 Å². The Bertz CT molecular complexity index is 1130. The highest BCUT2D eigenvalue weighted by Crippen LogP contribution is 2.17. The predicted molar refractivity (Wildman–Crippen MR) is 306 cm³/mol. The van der Waals surface area contributed by atoms with Crippen LogP contribution in [0.5, 0.6) is 0 Å². The van der Waals surface area contributed by atoms with E-state index in [0.717, 1.165) is 44.9 Å². The van der Waals surface area contributed by atoms with Crippen LogP contribution in [0.1, 0.15) is 335 Å². The van der Waals surface area contributed by atoms with E-state index in [4.69, 9.17) is 4.74 Å². The lowest BCUT2D eigenvalue weighted by molar-refractivity contribution is -0.143. The molecule has 0 aromatic rings. The fraction of sp³-hybridized carbons (Fsp3) is 0.875. The van der Waals surface area contributed by atoms with E-state index in [-0.39, 0.29) is 18.5 Å². The molecule has 0 heterocycles. The largest absolute Gasteiger partial charge is 0.466 e. The summed E-state index contributed by atoms with van der Waals surface area (Å²) in [6, 6.07) is -0.627. The Labute approximate surface area is 436 Å². The summed E-state index contributed by atoms with van der Waals surface area (Å²) in [5, 5.41) is 23.1. The molecule has 2 atom stereocenters. The lowest BCUT2D eigenvalue weighted by Gasteiger charge is -2.20. The van der Waals surface area contributed by atoms with Crippen LogP contribution in [0.25, 0.3) is 0 Å². The van der Waals surface area contributed by atoms with Gasteiger partial charge in [0.25, 0.3) is 0 Å². The van der Waals surface area contributed by atoms with Crippen LogP contribution in [-0.2, 0) is 14.3 Å². The Morgan fingerprint density at radius 2 is 0.671 bits per heavy atom. The Hall–Kier alpha value is -1.92. The summed E-state index contributed by atoms with van der Waals surface area (Å²) in [6.45, 7) is 4.88. The summed E-state index contributed by atoms with van der Waals surface area (Å²) in [4.78, 5) is 24.5. The lowest BCUT2D eigenvalue weighted by atomic mass is 10.0. The number of carbonyl (C=O) groups excluding carboxylic acids is 2. The van der Waals surface area contributed by atoms with Crippen molar-refractivity contribution in [2.45, 2.75) is 347 Å². The fourth-order valence-corrected chi connectivity index (χ4v) is 9.57. The number of aliphatic hydroxyl groups excluding tert-OH is 2. The number of hydrogen-bond donors (Lipinski definition) is 3. The van der Waals surface area contributed by atoms with E-state index in [1.807, 2.05) is 6.08 Å². The highest BCUT2D eigenvalue weighted by atomic mass is 16.5. The van der Waals surface area contributed by atoms with E-state index in [1.165, 1.54) is 263 Å². The molecule has 0 aliphatic heterocycles. The number of carbonyl (C=O) groups is 2. The molecule has 0 aromatic carbocycles. The standard InChI is InChI=1S/C64H121NO5/c1-3-5-7-9-11-13-15-33-36-40-44-48-52-56-62(67)61(60-66)65-63(68)57-53-49-45-41-37-34-31-29-27-25-23-21-19-17-18-20-22-24-26-28-30-32-35-39-43-47-51-55-59-70-64(69)58-54-50-46-42-38-16-14-12-10-8-6-4-2/h12,14,17-18,52,56,61-62,66-67H,3-11,13,15-16,19-51,53-55,57-60H2,1-2H3,(H,65,68)/b14-12-,18-17-,56-52+. The second-order valence-electron chi connectivity index (χ2n) is 21.4. The third-order valence-electron chi connectivity index (χ3n) is 14.4. The van der Waals surface area contributed by atoms with Gasteiger partial charge >= 0.3 is 5.97 Å². The summed E-state index contributed by atoms with van der Waals surface area (Å²) >= 11 is 0. The second-order valence-corrected chi connectivity index (χ2v) is 21.4. The maximum atomic E-state index is 12.4. The average molecular weight is 985 g/mol. The number of aliphatic hydroxyl groups is 2. The zero-order chi connectivity index (χ0) is 50.7. The maximum Gasteiger partial charge on any atom is 0.305 e. The van der Waals surface area contributed by atoms with E-state index in [0.29, 0.717) is 19.4 Å². The third kappa shape index (κ3) is 55.4. The van der Waals surface area contributed by atoms with Crippen molar-refractivity contribution < 1.29 is 24.5 Å². The summed E-state index contributed by atoms with van der Waals surface area (Å²) in [6.07, 6.45) is 74.8. The second kappa shape index (κ2) is 59.6. The van der Waals surface area contributed by atoms with Gasteiger partial charge in [0, 0.05) is 12.8 Å². The van der Waals surface area contributed by atoms with Crippen molar-refractivity contribution >= 4 is 11.9 Å². The zero-order valence-electron chi connectivity index (χ0n) is 47.0. The molecule has 6 heteroatoms. The Balaban J connectivity index is 3.39. The van der Waals surface area contributed by atoms with Gasteiger partial charge in [-0.15, -0.1) is 0 Å². The first-order valence-electron chi connectivity index (χ1n) is 31.3. The summed E-state index contributed by atoms with van der Waals surface area (Å²) in [7, 11) is 0. The van der Waals surface area contributed by atoms with E-state index in [2.05, 4.69) is 43.5 Å². The van der Waals surface area contributed by atoms with Gasteiger partial charge in [0.2, 0.25) is 5.91 Å². The molecule has 0 fully saturated rings. The fourth-order valence-electron chi connectivity index (χ4n) is 9.57. The van der Waals surface area contributed by atoms with Crippen molar-refractivity contribution in [2.75, 3.05) is 13.2 Å². The van der Waals surface area contributed by atoms with E-state index in [1.54, 1.807) is 6.08 Å². The first-order chi connectivity index (χ1) is 34.5. The number of allylic oxidation sites excluding steroid dienone is 5. The molecule has 1 amide bonds. The maximum absolute atomic E-state index is 12.4. The van der Waals surface area contributed by atoms with Crippen LogP contribution in [0.3, 0.4) is 0 Å². The topological polar surface area (TPSA) is 95.9 Å². The summed E-state index contributed by atoms with van der Waals surface area (Å²) in [5.41, 5.74) is 0. The van der Waals surface area contributed by atoms with Crippen molar-refractivity contribution in [1.82, 2.24) is 5.32 Å². The normalized spacial score (nSPS) is 12.8. The first-order valence-corrected chi connectivity index (χ1v) is 31.3. The van der Waals surface area contributed by atoms with Gasteiger partial charge in [0.05, 0.1) is 25.4 Å². The molecular weight excluding hydrogens is 863 g/mol. The van der Waals surface area contributed by atoms with Crippen molar-refractivity contribution in [1.29, 1.82) is 0 Å². The number of amides is 1. The van der Waals surface area contributed by atoms with E-state index in [9.17, 15) is 19.8 Å². The molecule has 0 saturated carbocycles. The Morgan fingerprint density at radius 3 is 1.04 bits per heavy atom. The molecule has 0 radical (unpaired) electrons. The van der Waals surface area contributed by atoms with Crippen molar-refractivity contribution in [2.24, 2.45) is 0 Å². The lowest BCUT2D eigenvalue weighted by Crippen LogP contribution is -2.45. The van der Waals surface area contributed by atoms with Crippen LogP contribution in [0, 0.1) is 0 Å². The highest BCUT2D eigenvalue weighted by molar-refractivity contribution is 5.76. The first kappa shape index (κ1) is 68.1. The predicted octanol–water partition coefficient (Wildman–Crippen LogP) is 19.6. The molecule has 0 aliphatic rings. The Morgan fingerprint density at radius 1 is 0.386 bits per heavy atom. The molecule has 3 N–H and O–H groups in total. The minimum Gasteiger partial charge on any atom is -0.466 e. The van der Waals surface area contributed by atoms with Gasteiger partial charge in [-0.2, -0.15) is 0 Å². The van der Waals surface area contributed by atoms with Gasteiger partial charge in [0.15, 0.2) is 0 Å². The van der Waals surface area contributed by atoms with Gasteiger partial charge in [-0.05, 0) is 83.5 Å². The number of esters is 1. The van der Waals surface area contributed by atoms with Crippen molar-refractivity contribution in [3.63, 3.8) is 0 Å². The summed E-state index contributed by atoms with van der Waals surface area (Å²) in [5.74, 6) is -0.0624. The molecule has 0 saturated heterocycles. The van der Waals surface area contributed by atoms with Crippen LogP contribution >= 0.6 is 0 Å². The van der Waals surface area contributed by atoms with Gasteiger partial charge in [-0.1, -0.05) is 275 Å². The number of nitrogens with one attached hydrogen (secondary N) is 1. The molecule has 70 heavy (non-hydrogen) atoms. The van der Waals surface area contributed by atoms with Gasteiger partial charge < -0.3 is 20.3 Å². The van der Waals surface area contributed by atoms with E-state index < -0.39 is 12.1 Å². The molecule has 0 aromatic heterocycles. The molecule has 412 valence electrons. The van der Waals surface area contributed by atoms with Crippen molar-refractivity contribution in [3.05, 3.63) is 36.5 Å². The van der Waals surface area contributed by atoms with Crippen LogP contribution in [-0.4, -0.2) is 47.4 Å². The van der Waals surface area contributed by atoms with Crippen LogP contribution in [0.15, 0.2) is 36.5 Å². The number of rotatable bonds is 58. The summed E-state index contributed by atoms with van der Waals surface area (Å²) < 4.78 is 5.47. The molecule has 0 bridgehead atoms. The van der Waals surface area contributed by atoms with E-state index >= 15 is 0 Å². The molecule has 0 rings (SSSR count). The molecule has 0 spiro atoms. The number of hydrogen-bond acceptors (Lipinski definition) is 5.